The first-order valence-corrected chi connectivity index (χ1v) is 51.0. The molecule has 138 heavy (non-hydrogen) atoms. The van der Waals surface area contributed by atoms with Gasteiger partial charge in [-0.25, -0.2) is 64.7 Å². The van der Waals surface area contributed by atoms with Crippen molar-refractivity contribution in [2.24, 2.45) is 88.8 Å². The summed E-state index contributed by atoms with van der Waals surface area (Å²) in [6.07, 6.45) is 31.2. The lowest BCUT2D eigenvalue weighted by atomic mass is 9.58. The number of anilines is 1. The molecule has 0 aliphatic heterocycles. The van der Waals surface area contributed by atoms with Crippen LogP contribution in [0, 0.1) is 102 Å². The molecule has 12 aliphatic carbocycles. The molecular weight excluding hydrogens is 1800 g/mol. The van der Waals surface area contributed by atoms with Gasteiger partial charge in [0.25, 0.3) is 0 Å². The van der Waals surface area contributed by atoms with E-state index in [4.69, 9.17) is 97.3 Å². The third-order valence-electron chi connectivity index (χ3n) is 32.6. The summed E-state index contributed by atoms with van der Waals surface area (Å²) >= 11 is 25.0. The first-order chi connectivity index (χ1) is 67.0. The Labute approximate surface area is 822 Å². The molecule has 0 saturated heterocycles. The summed E-state index contributed by atoms with van der Waals surface area (Å²) in [6.45, 7) is 25.8. The molecule has 12 saturated carbocycles. The van der Waals surface area contributed by atoms with Crippen molar-refractivity contribution in [2.75, 3.05) is 5.32 Å². The Morgan fingerprint density at radius 3 is 1.08 bits per heavy atom. The van der Waals surface area contributed by atoms with Crippen LogP contribution in [0.25, 0.3) is 151 Å². The van der Waals surface area contributed by atoms with Crippen molar-refractivity contribution in [3.8, 4) is 91.3 Å². The van der Waals surface area contributed by atoms with Crippen molar-refractivity contribution in [2.45, 2.75) is 189 Å². The number of benzene rings is 4. The number of aromatic amines is 4. The molecule has 8 unspecified atom stereocenters. The number of nitrogens with zero attached hydrogens (tertiary/aromatic N) is 17. The number of hydrogen-bond acceptors (Lipinski definition) is 18. The van der Waals surface area contributed by atoms with Gasteiger partial charge in [0.2, 0.25) is 0 Å². The van der Waals surface area contributed by atoms with Gasteiger partial charge in [0, 0.05) is 70.5 Å². The van der Waals surface area contributed by atoms with Crippen LogP contribution in [0.2, 0.25) is 20.1 Å². The fraction of sp³-hybridized carbons (Fsp3) is 0.396. The van der Waals surface area contributed by atoms with Gasteiger partial charge in [0.15, 0.2) is 57.3 Å². The monoisotopic (exact) mass is 1910 g/mol. The second-order valence-corrected chi connectivity index (χ2v) is 43.3. The molecule has 4 aromatic carbocycles. The summed E-state index contributed by atoms with van der Waals surface area (Å²) in [5.41, 5.74) is 19.4. The zero-order valence-corrected chi connectivity index (χ0v) is 82.0. The highest BCUT2D eigenvalue weighted by molar-refractivity contribution is 6.32. The zero-order valence-electron chi connectivity index (χ0n) is 78.9. The largest absolute Gasteiger partial charge is 0.454 e. The second-order valence-electron chi connectivity index (χ2n) is 41.6. The summed E-state index contributed by atoms with van der Waals surface area (Å²) in [5, 5.41) is 40.2. The first kappa shape index (κ1) is 90.8. The van der Waals surface area contributed by atoms with Gasteiger partial charge in [0.05, 0.1) is 65.3 Å². The minimum Gasteiger partial charge on any atom is -0.454 e. The Morgan fingerprint density at radius 2 is 0.717 bits per heavy atom. The second kappa shape index (κ2) is 38.1. The van der Waals surface area contributed by atoms with Crippen LogP contribution in [0.3, 0.4) is 0 Å². The van der Waals surface area contributed by atoms with Gasteiger partial charge in [-0.05, 0) is 289 Å². The molecule has 5 N–H and O–H groups in total. The van der Waals surface area contributed by atoms with E-state index < -0.39 is 0 Å². The van der Waals surface area contributed by atoms with Crippen LogP contribution in [-0.4, -0.2) is 107 Å². The predicted octanol–water partition coefficient (Wildman–Crippen LogP) is 27.9. The number of pyridine rings is 4. The first-order valence-electron chi connectivity index (χ1n) is 49.5. The van der Waals surface area contributed by atoms with Crippen molar-refractivity contribution in [3.05, 3.63) is 236 Å². The lowest BCUT2D eigenvalue weighted by Crippen LogP contribution is -2.47. The normalized spacial score (nSPS) is 24.0. The maximum Gasteiger partial charge on any atom is 0.187 e. The summed E-state index contributed by atoms with van der Waals surface area (Å²) in [7, 11) is 0. The number of para-hydroxylation sites is 1. The minimum atomic E-state index is 0.109. The number of fused-ring (bicyclic) bond motifs is 17. The minimum absolute atomic E-state index is 0.109. The van der Waals surface area contributed by atoms with Gasteiger partial charge >= 0.3 is 0 Å². The Hall–Kier alpha value is -12.3. The number of rotatable bonds is 16. The van der Waals surface area contributed by atoms with Crippen LogP contribution in [0.15, 0.2) is 181 Å². The van der Waals surface area contributed by atoms with Gasteiger partial charge in [0.1, 0.15) is 39.9 Å². The molecule has 0 radical (unpaired) electrons. The fourth-order valence-corrected chi connectivity index (χ4v) is 25.4. The van der Waals surface area contributed by atoms with E-state index in [1.807, 2.05) is 84.9 Å². The Morgan fingerprint density at radius 1 is 0.377 bits per heavy atom. The highest BCUT2D eigenvalue weighted by Gasteiger charge is 2.46. The quantitative estimate of drug-likeness (QED) is 0.0562. The molecule has 27 heteroatoms. The van der Waals surface area contributed by atoms with Gasteiger partial charge in [-0.1, -0.05) is 191 Å². The molecule has 0 spiro atoms. The van der Waals surface area contributed by atoms with Crippen molar-refractivity contribution in [1.82, 2.24) is 101 Å². The average molecular weight is 1910 g/mol. The van der Waals surface area contributed by atoms with Crippen LogP contribution in [0.5, 0.6) is 0 Å². The van der Waals surface area contributed by atoms with Crippen molar-refractivity contribution in [1.29, 1.82) is 0 Å². The van der Waals surface area contributed by atoms with E-state index in [1.165, 1.54) is 114 Å². The summed E-state index contributed by atoms with van der Waals surface area (Å²) in [6, 6.07) is 51.3. The van der Waals surface area contributed by atoms with Gasteiger partial charge < -0.3 is 9.73 Å². The van der Waals surface area contributed by atoms with E-state index in [0.29, 0.717) is 119 Å². The molecule has 29 rings (SSSR count). The number of nitrogens with one attached hydrogen (secondary N) is 5. The number of halogens is 4. The topological polar surface area (TPSA) is 299 Å². The molecule has 8 bridgehead atoms. The third-order valence-corrected chi connectivity index (χ3v) is 33.5. The van der Waals surface area contributed by atoms with Gasteiger partial charge in [-0.15, -0.1) is 0 Å². The molecule has 0 amide bonds. The van der Waals surface area contributed by atoms with E-state index >= 15 is 0 Å². The Balaban J connectivity index is 0.000000106. The van der Waals surface area contributed by atoms with E-state index in [-0.39, 0.29) is 5.41 Å². The van der Waals surface area contributed by atoms with Crippen molar-refractivity contribution < 1.29 is 4.42 Å². The van der Waals surface area contributed by atoms with E-state index in [1.54, 1.807) is 24.8 Å². The van der Waals surface area contributed by atoms with Crippen LogP contribution in [0.1, 0.15) is 179 Å². The summed E-state index contributed by atoms with van der Waals surface area (Å²) in [5.74, 6) is 15.3. The van der Waals surface area contributed by atoms with E-state index in [0.717, 1.165) is 190 Å². The Kier molecular flexibility index (Phi) is 25.1. The summed E-state index contributed by atoms with van der Waals surface area (Å²) < 4.78 is 6.17. The SMILES string of the molecule is CC1C2CCC(CC2)C1Cc1cc(-c2ccc(C(C)(C)C)cc2)nc(-c2[nH]nc3ncc(Cl)cc23)n1.CC1C2CCC(CC2)C1Nc1cc(-c2cc3ccccc3o2)nc(-c2[nH]nc3ncc(Cl)cc23)n1.Cc1ccc(-c2cc(CC3C4CCC(CC4)C3C)nc(-c3[nH]nc4ncc(Cl)cc34)n2)cc1.[C-]#[N+]c1ccc(-c2cc(CC3C4CCC(CC4)C3C)nc(-c3[nH]nc4ncc(Cl)cc34)n2)cc1. The lowest BCUT2D eigenvalue weighted by Gasteiger charge is -2.47. The summed E-state index contributed by atoms with van der Waals surface area (Å²) in [4.78, 5) is 60.8. The number of hydrogen-bond donors (Lipinski definition) is 5. The number of aryl methyl sites for hydroxylation is 1. The van der Waals surface area contributed by atoms with Gasteiger partial charge in [-0.3, -0.25) is 20.4 Å². The predicted molar refractivity (Wildman–Crippen MR) is 548 cm³/mol. The van der Waals surface area contributed by atoms with Crippen molar-refractivity contribution in [3.63, 3.8) is 0 Å². The highest BCUT2D eigenvalue weighted by atomic mass is 35.5. The molecule has 12 aliphatic rings. The van der Waals surface area contributed by atoms with Crippen LogP contribution in [0.4, 0.5) is 11.5 Å². The van der Waals surface area contributed by atoms with E-state index in [2.05, 4.69) is 193 Å². The molecule has 13 heterocycles. The molecule has 700 valence electrons. The number of H-pyrrole nitrogens is 4. The highest BCUT2D eigenvalue weighted by Crippen LogP contribution is 2.54. The molecule has 12 fully saturated rings. The fourth-order valence-electron chi connectivity index (χ4n) is 24.8. The molecular formula is C111H112Cl4N22O. The zero-order chi connectivity index (χ0) is 94.3. The number of aromatic nitrogens is 20. The molecule has 13 aromatic heterocycles. The standard InChI is InChI=1S/C30H34ClN5.C27H25ClN6O.C27H25ClN6.C27H28ClN5/c1-17-18-5-7-19(8-6-18)24(17)14-23-15-26(20-9-11-21(12-10-20)30(2,3)4)34-29(33-23)27-25-13-22(31)16-32-28(25)36-35-27;1-14-15-6-8-16(9-7-15)24(14)31-23-12-20(22-10-17-4-2-3-5-21(17)35-22)30-27(32-23)25-19-11-18(28)13-29-26(19)34-33-25;1-15-16-3-5-17(6-4-16)22(15)12-21-13-24(18-7-9-20(29-2)10-8-18)32-27(31-21)25-23-11-19(28)14-30-26(23)34-33-25;1-15-3-5-19(6-4-15)24-13-21(12-22-16(2)17-7-9-18(22)10-8-17)30-27(31-24)25-23-11-20(28)14-29-26(23)33-32-25/h9-13,15-19,24H,5-8,14H2,1-4H3,(H,32,35,36);2-5,10-16,24H,6-9H2,1H3,(H,29,33,34)(H,30,31,32);7-11,13-17,22H,3-6,12H2,1H3,(H,30,33,34);3-6,11,13-14,16-18,22H,7-10,12H2,1-2H3,(H,29,32,33). The van der Waals surface area contributed by atoms with Crippen LogP contribution in [-0.2, 0) is 24.7 Å². The third kappa shape index (κ3) is 18.6. The molecule has 8 atom stereocenters. The van der Waals surface area contributed by atoms with Crippen LogP contribution < -0.4 is 5.32 Å². The maximum absolute atomic E-state index is 7.25. The van der Waals surface area contributed by atoms with Crippen molar-refractivity contribution >= 4 is 113 Å². The van der Waals surface area contributed by atoms with Gasteiger partial charge in [-0.2, -0.15) is 20.4 Å². The Bertz CT molecular complexity index is 7350. The number of furan rings is 1. The molecule has 23 nitrogen and oxygen atoms in total. The van der Waals surface area contributed by atoms with Crippen LogP contribution >= 0.6 is 46.4 Å². The van der Waals surface area contributed by atoms with E-state index in [9.17, 15) is 0 Å². The smallest absolute Gasteiger partial charge is 0.187 e. The lowest BCUT2D eigenvalue weighted by molar-refractivity contribution is 0.0339. The molecule has 17 aromatic rings. The average Bonchev–Trinajstić information content (AvgIpc) is 1.64. The maximum atomic E-state index is 7.25.